The molecule has 0 spiro atoms. The molecule has 0 aliphatic carbocycles. The monoisotopic (exact) mass is 245 g/mol. The Balaban J connectivity index is 1.84. The summed E-state index contributed by atoms with van der Waals surface area (Å²) >= 11 is 0. The first-order valence-electron chi connectivity index (χ1n) is 5.67. The first kappa shape index (κ1) is 10.9. The van der Waals surface area contributed by atoms with E-state index in [0.29, 0.717) is 24.2 Å². The van der Waals surface area contributed by atoms with E-state index in [4.69, 9.17) is 0 Å². The van der Waals surface area contributed by atoms with Crippen molar-refractivity contribution < 1.29 is 14.4 Å². The molecule has 0 atom stereocenters. The molecular weight excluding hydrogens is 234 g/mol. The number of carbonyl (C=O) groups excluding carboxylic acids is 3. The van der Waals surface area contributed by atoms with Crippen molar-refractivity contribution >= 4 is 17.7 Å². The molecule has 6 heteroatoms. The molecule has 3 rings (SSSR count). The molecule has 0 bridgehead atoms. The Kier molecular flexibility index (Phi) is 2.19. The summed E-state index contributed by atoms with van der Waals surface area (Å²) in [6.45, 7) is 2.32. The Bertz CT molecular complexity index is 528. The Morgan fingerprint density at radius 1 is 1.28 bits per heavy atom. The quantitative estimate of drug-likeness (QED) is 0.648. The highest BCUT2D eigenvalue weighted by Crippen LogP contribution is 2.27. The highest BCUT2D eigenvalue weighted by Gasteiger charge is 2.45. The van der Waals surface area contributed by atoms with Gasteiger partial charge >= 0.3 is 0 Å². The Morgan fingerprint density at radius 2 is 1.94 bits per heavy atom. The van der Waals surface area contributed by atoms with Gasteiger partial charge in [0.15, 0.2) is 0 Å². The number of nitrogens with zero attached hydrogens (tertiary/aromatic N) is 3. The summed E-state index contributed by atoms with van der Waals surface area (Å²) in [7, 11) is 0. The molecule has 92 valence electrons. The first-order chi connectivity index (χ1) is 8.59. The van der Waals surface area contributed by atoms with Crippen LogP contribution in [0.25, 0.3) is 0 Å². The molecule has 2 aliphatic rings. The third-order valence-electron chi connectivity index (χ3n) is 3.39. The Morgan fingerprint density at radius 3 is 2.56 bits per heavy atom. The standard InChI is InChI=1S/C12H11N3O3/c1-7(16)14-5-8(6-14)15-11(17)9-2-3-13-4-10(9)12(15)18/h2-4,8H,5-6H2,1H3. The van der Waals surface area contributed by atoms with Crippen LogP contribution in [0.5, 0.6) is 0 Å². The lowest BCUT2D eigenvalue weighted by Gasteiger charge is -2.42. The molecular formula is C12H11N3O3. The molecule has 0 radical (unpaired) electrons. The molecule has 18 heavy (non-hydrogen) atoms. The van der Waals surface area contributed by atoms with Crippen molar-refractivity contribution in [3.8, 4) is 0 Å². The lowest BCUT2D eigenvalue weighted by molar-refractivity contribution is -0.134. The van der Waals surface area contributed by atoms with Gasteiger partial charge in [-0.05, 0) is 6.07 Å². The number of carbonyl (C=O) groups is 3. The smallest absolute Gasteiger partial charge is 0.263 e. The zero-order valence-electron chi connectivity index (χ0n) is 9.79. The Hall–Kier alpha value is -2.24. The van der Waals surface area contributed by atoms with Crippen LogP contribution in [-0.2, 0) is 4.79 Å². The van der Waals surface area contributed by atoms with Crippen LogP contribution in [0.4, 0.5) is 0 Å². The summed E-state index contributed by atoms with van der Waals surface area (Å²) in [5.74, 6) is -0.633. The summed E-state index contributed by atoms with van der Waals surface area (Å²) in [4.78, 5) is 42.0. The van der Waals surface area contributed by atoms with Crippen LogP contribution in [0.2, 0.25) is 0 Å². The van der Waals surface area contributed by atoms with E-state index in [1.807, 2.05) is 0 Å². The second kappa shape index (κ2) is 3.63. The van der Waals surface area contributed by atoms with E-state index in [9.17, 15) is 14.4 Å². The molecule has 0 N–H and O–H groups in total. The summed E-state index contributed by atoms with van der Waals surface area (Å²) in [6, 6.07) is 1.35. The molecule has 1 aromatic rings. The maximum Gasteiger partial charge on any atom is 0.263 e. The van der Waals surface area contributed by atoms with Crippen LogP contribution in [0.15, 0.2) is 18.5 Å². The highest BCUT2D eigenvalue weighted by atomic mass is 16.2. The molecule has 2 aliphatic heterocycles. The van der Waals surface area contributed by atoms with Crippen molar-refractivity contribution in [3.63, 3.8) is 0 Å². The zero-order valence-corrected chi connectivity index (χ0v) is 9.79. The van der Waals surface area contributed by atoms with Crippen LogP contribution in [0, 0.1) is 0 Å². The normalized spacial score (nSPS) is 18.9. The molecule has 0 aromatic carbocycles. The van der Waals surface area contributed by atoms with Gasteiger partial charge in [-0.15, -0.1) is 0 Å². The number of amides is 3. The maximum atomic E-state index is 12.1. The van der Waals surface area contributed by atoms with Gasteiger partial charge in [-0.25, -0.2) is 0 Å². The van der Waals surface area contributed by atoms with E-state index in [2.05, 4.69) is 4.98 Å². The van der Waals surface area contributed by atoms with Crippen molar-refractivity contribution in [1.82, 2.24) is 14.8 Å². The summed E-state index contributed by atoms with van der Waals surface area (Å²) < 4.78 is 0. The van der Waals surface area contributed by atoms with E-state index >= 15 is 0 Å². The molecule has 3 heterocycles. The van der Waals surface area contributed by atoms with Crippen molar-refractivity contribution in [1.29, 1.82) is 0 Å². The zero-order chi connectivity index (χ0) is 12.9. The lowest BCUT2D eigenvalue weighted by Crippen LogP contribution is -2.61. The van der Waals surface area contributed by atoms with Gasteiger partial charge in [-0.2, -0.15) is 0 Å². The van der Waals surface area contributed by atoms with Gasteiger partial charge in [0.2, 0.25) is 5.91 Å². The summed E-state index contributed by atoms with van der Waals surface area (Å²) in [6.07, 6.45) is 2.91. The van der Waals surface area contributed by atoms with Crippen LogP contribution in [-0.4, -0.2) is 51.6 Å². The summed E-state index contributed by atoms with van der Waals surface area (Å²) in [5.41, 5.74) is 0.750. The minimum absolute atomic E-state index is 0.0375. The predicted octanol–water partition coefficient (Wildman–Crippen LogP) is -0.0917. The van der Waals surface area contributed by atoms with Crippen LogP contribution < -0.4 is 0 Å². The van der Waals surface area contributed by atoms with Crippen LogP contribution >= 0.6 is 0 Å². The number of fused-ring (bicyclic) bond motifs is 1. The predicted molar refractivity (Wildman–Crippen MR) is 60.8 cm³/mol. The van der Waals surface area contributed by atoms with Gasteiger partial charge in [0.05, 0.1) is 17.2 Å². The number of pyridine rings is 1. The average molecular weight is 245 g/mol. The fraction of sp³-hybridized carbons (Fsp3) is 0.333. The van der Waals surface area contributed by atoms with Crippen LogP contribution in [0.1, 0.15) is 27.6 Å². The first-order valence-corrected chi connectivity index (χ1v) is 5.67. The molecule has 0 unspecified atom stereocenters. The number of likely N-dealkylation sites (tertiary alicyclic amines) is 1. The van der Waals surface area contributed by atoms with Crippen molar-refractivity contribution in [2.45, 2.75) is 13.0 Å². The second-order valence-corrected chi connectivity index (χ2v) is 4.48. The van der Waals surface area contributed by atoms with Crippen molar-refractivity contribution in [2.75, 3.05) is 13.1 Å². The minimum Gasteiger partial charge on any atom is -0.339 e. The maximum absolute atomic E-state index is 12.1. The average Bonchev–Trinajstić information content (AvgIpc) is 2.53. The molecule has 1 saturated heterocycles. The van der Waals surface area contributed by atoms with E-state index in [-0.39, 0.29) is 23.8 Å². The third-order valence-corrected chi connectivity index (χ3v) is 3.39. The minimum atomic E-state index is -0.309. The number of hydrogen-bond donors (Lipinski definition) is 0. The largest absolute Gasteiger partial charge is 0.339 e. The number of rotatable bonds is 1. The molecule has 1 aromatic heterocycles. The van der Waals surface area contributed by atoms with E-state index in [1.54, 1.807) is 11.0 Å². The fourth-order valence-corrected chi connectivity index (χ4v) is 2.31. The molecule has 0 saturated carbocycles. The van der Waals surface area contributed by atoms with Gasteiger partial charge in [-0.3, -0.25) is 24.3 Å². The molecule has 6 nitrogen and oxygen atoms in total. The SMILES string of the molecule is CC(=O)N1CC(N2C(=O)c3ccncc3C2=O)C1. The number of hydrogen-bond acceptors (Lipinski definition) is 4. The molecule has 3 amide bonds. The molecule has 1 fully saturated rings. The topological polar surface area (TPSA) is 70.6 Å². The lowest BCUT2D eigenvalue weighted by atomic mass is 10.1. The van der Waals surface area contributed by atoms with Gasteiger partial charge in [-0.1, -0.05) is 0 Å². The number of aromatic nitrogens is 1. The fourth-order valence-electron chi connectivity index (χ4n) is 2.31. The Labute approximate surface area is 103 Å². The second-order valence-electron chi connectivity index (χ2n) is 4.48. The van der Waals surface area contributed by atoms with Crippen molar-refractivity contribution in [2.24, 2.45) is 0 Å². The van der Waals surface area contributed by atoms with E-state index in [0.717, 1.165) is 0 Å². The van der Waals surface area contributed by atoms with Gasteiger partial charge in [0.1, 0.15) is 0 Å². The van der Waals surface area contributed by atoms with E-state index in [1.165, 1.54) is 24.2 Å². The third kappa shape index (κ3) is 1.35. The van der Waals surface area contributed by atoms with Crippen molar-refractivity contribution in [3.05, 3.63) is 29.6 Å². The number of imide groups is 1. The summed E-state index contributed by atoms with van der Waals surface area (Å²) in [5, 5.41) is 0. The van der Waals surface area contributed by atoms with Gasteiger partial charge in [0, 0.05) is 32.4 Å². The highest BCUT2D eigenvalue weighted by molar-refractivity contribution is 6.21. The van der Waals surface area contributed by atoms with Gasteiger partial charge < -0.3 is 4.90 Å². The van der Waals surface area contributed by atoms with Gasteiger partial charge in [0.25, 0.3) is 11.8 Å². The van der Waals surface area contributed by atoms with E-state index < -0.39 is 0 Å². The van der Waals surface area contributed by atoms with Crippen LogP contribution in [0.3, 0.4) is 0 Å².